The maximum absolute atomic E-state index is 13.2. The number of halogens is 3. The highest BCUT2D eigenvalue weighted by molar-refractivity contribution is 9.10. The van der Waals surface area contributed by atoms with Crippen molar-refractivity contribution in [2.45, 2.75) is 6.42 Å². The van der Waals surface area contributed by atoms with E-state index in [4.69, 9.17) is 0 Å². The van der Waals surface area contributed by atoms with Crippen molar-refractivity contribution in [3.8, 4) is 0 Å². The van der Waals surface area contributed by atoms with Gasteiger partial charge in [0.25, 0.3) is 5.91 Å². The summed E-state index contributed by atoms with van der Waals surface area (Å²) in [4.78, 5) is 23.6. The minimum Gasteiger partial charge on any atom is -0.354 e. The van der Waals surface area contributed by atoms with E-state index in [1.807, 2.05) is 0 Å². The normalized spacial score (nSPS) is 10.3. The minimum atomic E-state index is -0.512. The van der Waals surface area contributed by atoms with Crippen LogP contribution in [-0.2, 0) is 11.2 Å². The zero-order valence-electron chi connectivity index (χ0n) is 12.6. The molecule has 0 aliphatic heterocycles. The zero-order valence-corrected chi connectivity index (χ0v) is 14.2. The van der Waals surface area contributed by atoms with Crippen LogP contribution in [0.3, 0.4) is 0 Å². The fourth-order valence-corrected chi connectivity index (χ4v) is 2.48. The number of benzene rings is 2. The second kappa shape index (κ2) is 8.54. The fraction of sp³-hybridized carbons (Fsp3) is 0.176. The van der Waals surface area contributed by atoms with Crippen LogP contribution in [0.2, 0.25) is 0 Å². The molecule has 0 bridgehead atoms. The van der Waals surface area contributed by atoms with Crippen molar-refractivity contribution in [3.63, 3.8) is 0 Å². The van der Waals surface area contributed by atoms with Crippen molar-refractivity contribution in [1.82, 2.24) is 10.6 Å². The van der Waals surface area contributed by atoms with E-state index < -0.39 is 11.7 Å². The van der Waals surface area contributed by atoms with Gasteiger partial charge in [-0.05, 0) is 35.9 Å². The van der Waals surface area contributed by atoms with Gasteiger partial charge in [0.05, 0.1) is 6.42 Å². The average Bonchev–Trinajstić information content (AvgIpc) is 2.52. The second-order valence-corrected chi connectivity index (χ2v) is 5.98. The molecule has 0 aliphatic carbocycles. The third-order valence-corrected chi connectivity index (χ3v) is 3.59. The summed E-state index contributed by atoms with van der Waals surface area (Å²) in [7, 11) is 0. The Morgan fingerprint density at radius 1 is 0.917 bits per heavy atom. The van der Waals surface area contributed by atoms with E-state index in [0.717, 1.165) is 6.07 Å². The summed E-state index contributed by atoms with van der Waals surface area (Å²) in [6, 6.07) is 9.56. The largest absolute Gasteiger partial charge is 0.354 e. The Morgan fingerprint density at radius 2 is 1.58 bits per heavy atom. The van der Waals surface area contributed by atoms with Crippen LogP contribution in [0.4, 0.5) is 8.78 Å². The summed E-state index contributed by atoms with van der Waals surface area (Å²) < 4.78 is 26.5. The van der Waals surface area contributed by atoms with Crippen molar-refractivity contribution in [2.75, 3.05) is 13.1 Å². The number of rotatable bonds is 6. The third kappa shape index (κ3) is 5.73. The molecule has 126 valence electrons. The highest BCUT2D eigenvalue weighted by Crippen LogP contribution is 2.14. The SMILES string of the molecule is O=C(Cc1ccc(F)cc1)NCCNC(=O)c1cc(F)cc(Br)c1. The molecule has 2 amide bonds. The lowest BCUT2D eigenvalue weighted by Gasteiger charge is -2.08. The molecular formula is C17H15BrF2N2O2. The lowest BCUT2D eigenvalue weighted by atomic mass is 10.1. The average molecular weight is 397 g/mol. The first-order valence-corrected chi connectivity index (χ1v) is 7.99. The van der Waals surface area contributed by atoms with Crippen LogP contribution in [0.15, 0.2) is 46.9 Å². The van der Waals surface area contributed by atoms with Crippen LogP contribution in [0.5, 0.6) is 0 Å². The van der Waals surface area contributed by atoms with Crippen molar-refractivity contribution in [3.05, 3.63) is 69.7 Å². The van der Waals surface area contributed by atoms with Gasteiger partial charge in [0.15, 0.2) is 0 Å². The predicted molar refractivity (Wildman–Crippen MR) is 89.5 cm³/mol. The molecule has 0 atom stereocenters. The minimum absolute atomic E-state index is 0.130. The molecule has 0 saturated heterocycles. The van der Waals surface area contributed by atoms with Gasteiger partial charge in [0, 0.05) is 23.1 Å². The molecule has 0 unspecified atom stereocenters. The Kier molecular flexibility index (Phi) is 6.43. The molecule has 7 heteroatoms. The van der Waals surface area contributed by atoms with Gasteiger partial charge in [-0.2, -0.15) is 0 Å². The molecule has 0 fully saturated rings. The lowest BCUT2D eigenvalue weighted by Crippen LogP contribution is -2.35. The lowest BCUT2D eigenvalue weighted by molar-refractivity contribution is -0.120. The molecule has 0 heterocycles. The van der Waals surface area contributed by atoms with Crippen molar-refractivity contribution in [2.24, 2.45) is 0 Å². The van der Waals surface area contributed by atoms with Crippen LogP contribution < -0.4 is 10.6 Å². The first kappa shape index (κ1) is 18.1. The van der Waals surface area contributed by atoms with Gasteiger partial charge in [-0.25, -0.2) is 8.78 Å². The molecule has 4 nitrogen and oxygen atoms in total. The number of hydrogen-bond donors (Lipinski definition) is 2. The van der Waals surface area contributed by atoms with Crippen LogP contribution in [0, 0.1) is 11.6 Å². The molecule has 2 N–H and O–H groups in total. The van der Waals surface area contributed by atoms with E-state index >= 15 is 0 Å². The fourth-order valence-electron chi connectivity index (χ4n) is 2.02. The topological polar surface area (TPSA) is 58.2 Å². The van der Waals surface area contributed by atoms with E-state index in [-0.39, 0.29) is 36.8 Å². The van der Waals surface area contributed by atoms with E-state index in [9.17, 15) is 18.4 Å². The number of amides is 2. The van der Waals surface area contributed by atoms with Crippen LogP contribution >= 0.6 is 15.9 Å². The quantitative estimate of drug-likeness (QED) is 0.737. The summed E-state index contributed by atoms with van der Waals surface area (Å²) in [5, 5.41) is 5.23. The van der Waals surface area contributed by atoms with Crippen LogP contribution in [0.25, 0.3) is 0 Å². The molecule has 2 aromatic rings. The Hall–Kier alpha value is -2.28. The molecule has 0 saturated carbocycles. The summed E-state index contributed by atoms with van der Waals surface area (Å²) in [5.41, 5.74) is 0.891. The first-order valence-electron chi connectivity index (χ1n) is 7.19. The smallest absolute Gasteiger partial charge is 0.251 e. The third-order valence-electron chi connectivity index (χ3n) is 3.14. The Bertz CT molecular complexity index is 716. The molecule has 0 aromatic heterocycles. The van der Waals surface area contributed by atoms with Gasteiger partial charge in [0.1, 0.15) is 11.6 Å². The van der Waals surface area contributed by atoms with Gasteiger partial charge in [-0.15, -0.1) is 0 Å². The molecule has 24 heavy (non-hydrogen) atoms. The Labute approximate surface area is 146 Å². The number of nitrogens with one attached hydrogen (secondary N) is 2. The van der Waals surface area contributed by atoms with Crippen molar-refractivity contribution < 1.29 is 18.4 Å². The standard InChI is InChI=1S/C17H15BrF2N2O2/c18-13-8-12(9-15(20)10-13)17(24)22-6-5-21-16(23)7-11-1-3-14(19)4-2-11/h1-4,8-10H,5-7H2,(H,21,23)(H,22,24). The van der Waals surface area contributed by atoms with Gasteiger partial charge in [0.2, 0.25) is 5.91 Å². The molecule has 2 aromatic carbocycles. The molecule has 0 spiro atoms. The van der Waals surface area contributed by atoms with Crippen LogP contribution in [0.1, 0.15) is 15.9 Å². The molecular weight excluding hydrogens is 382 g/mol. The number of carbonyl (C=O) groups excluding carboxylic acids is 2. The van der Waals surface area contributed by atoms with E-state index in [1.54, 1.807) is 12.1 Å². The molecule has 0 aliphatic rings. The second-order valence-electron chi connectivity index (χ2n) is 5.07. The Balaban J connectivity index is 1.73. The summed E-state index contributed by atoms with van der Waals surface area (Å²) in [5.74, 6) is -1.53. The first-order chi connectivity index (χ1) is 11.4. The highest BCUT2D eigenvalue weighted by Gasteiger charge is 2.08. The maximum atomic E-state index is 13.2. The van der Waals surface area contributed by atoms with E-state index in [0.29, 0.717) is 10.0 Å². The monoisotopic (exact) mass is 396 g/mol. The molecule has 2 rings (SSSR count). The van der Waals surface area contributed by atoms with Gasteiger partial charge >= 0.3 is 0 Å². The summed E-state index contributed by atoms with van der Waals surface area (Å²) in [6.07, 6.45) is 0.130. The van der Waals surface area contributed by atoms with Crippen molar-refractivity contribution >= 4 is 27.7 Å². The van der Waals surface area contributed by atoms with E-state index in [2.05, 4.69) is 26.6 Å². The summed E-state index contributed by atoms with van der Waals surface area (Å²) >= 11 is 3.12. The van der Waals surface area contributed by atoms with Gasteiger partial charge < -0.3 is 10.6 Å². The number of carbonyl (C=O) groups is 2. The van der Waals surface area contributed by atoms with Crippen LogP contribution in [-0.4, -0.2) is 24.9 Å². The Morgan fingerprint density at radius 3 is 2.25 bits per heavy atom. The highest BCUT2D eigenvalue weighted by atomic mass is 79.9. The maximum Gasteiger partial charge on any atom is 0.251 e. The molecule has 0 radical (unpaired) electrons. The summed E-state index contributed by atoms with van der Waals surface area (Å²) in [6.45, 7) is 0.449. The van der Waals surface area contributed by atoms with E-state index in [1.165, 1.54) is 24.3 Å². The van der Waals surface area contributed by atoms with Gasteiger partial charge in [-0.1, -0.05) is 28.1 Å². The zero-order chi connectivity index (χ0) is 17.5. The number of hydrogen-bond acceptors (Lipinski definition) is 2. The van der Waals surface area contributed by atoms with Crippen molar-refractivity contribution in [1.29, 1.82) is 0 Å². The predicted octanol–water partition coefficient (Wildman–Crippen LogP) is 2.82. The van der Waals surface area contributed by atoms with Gasteiger partial charge in [-0.3, -0.25) is 9.59 Å².